The molecule has 238 valence electrons. The van der Waals surface area contributed by atoms with E-state index in [0.717, 1.165) is 27.4 Å². The summed E-state index contributed by atoms with van der Waals surface area (Å²) in [7, 11) is 0. The maximum atomic E-state index is 14.1. The molecule has 0 saturated carbocycles. The van der Waals surface area contributed by atoms with Gasteiger partial charge in [-0.2, -0.15) is 0 Å². The fraction of sp³-hybridized carbons (Fsp3) is 0.294. The van der Waals surface area contributed by atoms with E-state index in [4.69, 9.17) is 0 Å². The molecule has 1 aromatic heterocycles. The number of piperazine rings is 1. The Balaban J connectivity index is 0.989. The van der Waals surface area contributed by atoms with Crippen LogP contribution >= 0.6 is 0 Å². The fourth-order valence-corrected chi connectivity index (χ4v) is 7.52. The van der Waals surface area contributed by atoms with Gasteiger partial charge in [0.05, 0.1) is 22.3 Å². The molecule has 0 bridgehead atoms. The number of carbonyl (C=O) groups excluding carboxylic acids is 6. The van der Waals surface area contributed by atoms with Crippen molar-refractivity contribution in [3.63, 3.8) is 0 Å². The largest absolute Gasteiger partial charge is 0.368 e. The standard InChI is InChI=1S/C34H29FN6O6/c1-16-27(20-5-6-21(29(20)36-16)28-23-14-17(35)2-7-24(23)37-31(28)44)34(47)40-12-10-39(11-13-40)18-3-4-19-22(15-18)33(46)41(32(19)45)25-8-9-26(42)38-30(25)43/h2-4,7,14-15,25,36H,5-6,8-13H2,1H3,(H,37,44)(H,38,42,43)/b28-21-. The first kappa shape index (κ1) is 28.9. The molecule has 1 aliphatic carbocycles. The highest BCUT2D eigenvalue weighted by atomic mass is 19.1. The number of carbonyl (C=O) groups is 6. The number of nitrogens with one attached hydrogen (secondary N) is 3. The summed E-state index contributed by atoms with van der Waals surface area (Å²) >= 11 is 0. The van der Waals surface area contributed by atoms with Crippen molar-refractivity contribution < 1.29 is 33.2 Å². The number of allylic oxidation sites excluding steroid dienone is 1. The lowest BCUT2D eigenvalue weighted by Crippen LogP contribution is -2.54. The second-order valence-corrected chi connectivity index (χ2v) is 12.4. The van der Waals surface area contributed by atoms with E-state index in [-0.39, 0.29) is 35.8 Å². The van der Waals surface area contributed by atoms with Crippen molar-refractivity contribution in [2.24, 2.45) is 0 Å². The maximum absolute atomic E-state index is 14.1. The summed E-state index contributed by atoms with van der Waals surface area (Å²) in [5, 5.41) is 5.02. The monoisotopic (exact) mass is 636 g/mol. The van der Waals surface area contributed by atoms with Gasteiger partial charge in [0, 0.05) is 60.9 Å². The molecule has 1 unspecified atom stereocenters. The molecule has 3 aromatic rings. The molecule has 47 heavy (non-hydrogen) atoms. The molecule has 5 heterocycles. The number of nitrogens with zero attached hydrogens (tertiary/aromatic N) is 3. The van der Waals surface area contributed by atoms with E-state index in [2.05, 4.69) is 15.6 Å². The second-order valence-electron chi connectivity index (χ2n) is 12.4. The van der Waals surface area contributed by atoms with Crippen molar-refractivity contribution in [2.75, 3.05) is 36.4 Å². The first-order chi connectivity index (χ1) is 22.6. The zero-order valence-electron chi connectivity index (χ0n) is 25.4. The summed E-state index contributed by atoms with van der Waals surface area (Å²) in [6.07, 6.45) is 1.27. The minimum Gasteiger partial charge on any atom is -0.368 e. The Hall–Kier alpha value is -5.59. The van der Waals surface area contributed by atoms with Crippen LogP contribution in [0.3, 0.4) is 0 Å². The smallest absolute Gasteiger partial charge is 0.262 e. The first-order valence-corrected chi connectivity index (χ1v) is 15.6. The SMILES string of the molecule is Cc1[nH]c2c(c1C(=O)N1CCN(c3ccc4c(c3)C(=O)N(C3CCC(=O)NC3=O)C4=O)CC1)CC/C2=C1/C(=O)Nc2ccc(F)cc21. The summed E-state index contributed by atoms with van der Waals surface area (Å²) in [5.74, 6) is -3.03. The molecule has 13 heteroatoms. The number of fused-ring (bicyclic) bond motifs is 3. The molecule has 5 aliphatic rings. The van der Waals surface area contributed by atoms with Gasteiger partial charge in [-0.05, 0) is 73.7 Å². The lowest BCUT2D eigenvalue weighted by molar-refractivity contribution is -0.136. The Labute approximate surface area is 267 Å². The van der Waals surface area contributed by atoms with Gasteiger partial charge in [-0.1, -0.05) is 0 Å². The van der Waals surface area contributed by atoms with Crippen molar-refractivity contribution >= 4 is 58.0 Å². The van der Waals surface area contributed by atoms with Crippen molar-refractivity contribution in [3.8, 4) is 0 Å². The zero-order chi connectivity index (χ0) is 32.7. The third kappa shape index (κ3) is 4.40. The molecule has 2 fully saturated rings. The quantitative estimate of drug-likeness (QED) is 0.295. The van der Waals surface area contributed by atoms with Crippen molar-refractivity contribution in [2.45, 2.75) is 38.6 Å². The lowest BCUT2D eigenvalue weighted by atomic mass is 9.99. The Morgan fingerprint density at radius 3 is 2.38 bits per heavy atom. The Morgan fingerprint density at radius 1 is 0.851 bits per heavy atom. The van der Waals surface area contributed by atoms with Crippen LogP contribution in [0.25, 0.3) is 11.1 Å². The number of aryl methyl sites for hydroxylation is 1. The molecular formula is C34H29FN6O6. The van der Waals surface area contributed by atoms with Crippen LogP contribution in [-0.2, 0) is 20.8 Å². The molecule has 2 saturated heterocycles. The molecule has 3 N–H and O–H groups in total. The first-order valence-electron chi connectivity index (χ1n) is 15.6. The van der Waals surface area contributed by atoms with Gasteiger partial charge in [-0.15, -0.1) is 0 Å². The Kier molecular flexibility index (Phi) is 6.43. The minimum atomic E-state index is -1.03. The number of piperidine rings is 1. The van der Waals surface area contributed by atoms with E-state index < -0.39 is 35.5 Å². The highest BCUT2D eigenvalue weighted by Gasteiger charge is 2.45. The molecule has 4 aliphatic heterocycles. The number of imide groups is 2. The fourth-order valence-electron chi connectivity index (χ4n) is 7.52. The highest BCUT2D eigenvalue weighted by Crippen LogP contribution is 2.44. The topological polar surface area (TPSA) is 152 Å². The van der Waals surface area contributed by atoms with E-state index in [1.165, 1.54) is 12.1 Å². The van der Waals surface area contributed by atoms with Gasteiger partial charge >= 0.3 is 0 Å². The molecule has 2 aromatic carbocycles. The average Bonchev–Trinajstić information content (AvgIpc) is 3.76. The predicted octanol–water partition coefficient (Wildman–Crippen LogP) is 2.63. The van der Waals surface area contributed by atoms with E-state index in [1.54, 1.807) is 29.2 Å². The van der Waals surface area contributed by atoms with Gasteiger partial charge in [-0.3, -0.25) is 39.0 Å². The third-order valence-electron chi connectivity index (χ3n) is 9.82. The molecule has 8 rings (SSSR count). The summed E-state index contributed by atoms with van der Waals surface area (Å²) in [6, 6.07) is 8.19. The van der Waals surface area contributed by atoms with Gasteiger partial charge in [0.25, 0.3) is 23.6 Å². The Bertz CT molecular complexity index is 2020. The van der Waals surface area contributed by atoms with Gasteiger partial charge in [-0.25, -0.2) is 4.39 Å². The van der Waals surface area contributed by atoms with Crippen LogP contribution in [0.1, 0.15) is 72.9 Å². The average molecular weight is 637 g/mol. The molecule has 6 amide bonds. The van der Waals surface area contributed by atoms with E-state index >= 15 is 0 Å². The van der Waals surface area contributed by atoms with Crippen LogP contribution in [-0.4, -0.2) is 82.4 Å². The molecule has 1 atom stereocenters. The molecular weight excluding hydrogens is 607 g/mol. The predicted molar refractivity (Wildman–Crippen MR) is 167 cm³/mol. The number of amides is 6. The summed E-state index contributed by atoms with van der Waals surface area (Å²) in [5.41, 5.74) is 6.35. The third-order valence-corrected chi connectivity index (χ3v) is 9.82. The number of aromatic nitrogens is 1. The molecule has 0 spiro atoms. The Morgan fingerprint density at radius 2 is 1.62 bits per heavy atom. The van der Waals surface area contributed by atoms with Crippen LogP contribution < -0.4 is 15.5 Å². The lowest BCUT2D eigenvalue weighted by Gasteiger charge is -2.36. The van der Waals surface area contributed by atoms with E-state index in [9.17, 15) is 33.2 Å². The summed E-state index contributed by atoms with van der Waals surface area (Å²) in [6.45, 7) is 3.68. The second kappa shape index (κ2) is 10.5. The van der Waals surface area contributed by atoms with Crippen molar-refractivity contribution in [3.05, 3.63) is 81.4 Å². The number of anilines is 2. The number of rotatable bonds is 3. The van der Waals surface area contributed by atoms with Gasteiger partial charge < -0.3 is 20.1 Å². The molecule has 0 radical (unpaired) electrons. The van der Waals surface area contributed by atoms with Gasteiger partial charge in [0.15, 0.2) is 0 Å². The highest BCUT2D eigenvalue weighted by molar-refractivity contribution is 6.37. The maximum Gasteiger partial charge on any atom is 0.262 e. The van der Waals surface area contributed by atoms with Gasteiger partial charge in [0.2, 0.25) is 11.8 Å². The number of benzene rings is 2. The van der Waals surface area contributed by atoms with Crippen molar-refractivity contribution in [1.82, 2.24) is 20.1 Å². The van der Waals surface area contributed by atoms with E-state index in [0.29, 0.717) is 67.1 Å². The van der Waals surface area contributed by atoms with Gasteiger partial charge in [0.1, 0.15) is 11.9 Å². The summed E-state index contributed by atoms with van der Waals surface area (Å²) < 4.78 is 14.1. The minimum absolute atomic E-state index is 0.0505. The zero-order valence-corrected chi connectivity index (χ0v) is 25.4. The number of H-pyrrole nitrogens is 1. The van der Waals surface area contributed by atoms with Crippen LogP contribution in [0, 0.1) is 12.7 Å². The number of hydrogen-bond donors (Lipinski definition) is 3. The van der Waals surface area contributed by atoms with Crippen LogP contribution in [0.2, 0.25) is 0 Å². The normalized spacial score (nSPS) is 22.0. The van der Waals surface area contributed by atoms with Crippen LogP contribution in [0.4, 0.5) is 15.8 Å². The number of hydrogen-bond acceptors (Lipinski definition) is 7. The molecule has 12 nitrogen and oxygen atoms in total. The van der Waals surface area contributed by atoms with Crippen molar-refractivity contribution in [1.29, 1.82) is 0 Å². The number of aromatic amines is 1. The number of halogens is 1. The van der Waals surface area contributed by atoms with E-state index in [1.807, 2.05) is 11.8 Å². The summed E-state index contributed by atoms with van der Waals surface area (Å²) in [4.78, 5) is 85.3. The van der Waals surface area contributed by atoms with Crippen LogP contribution in [0.5, 0.6) is 0 Å². The van der Waals surface area contributed by atoms with Crippen LogP contribution in [0.15, 0.2) is 36.4 Å².